The van der Waals surface area contributed by atoms with E-state index in [1.807, 2.05) is 0 Å². The molecule has 0 saturated carbocycles. The van der Waals surface area contributed by atoms with Crippen LogP contribution in [0.3, 0.4) is 0 Å². The van der Waals surface area contributed by atoms with Gasteiger partial charge in [0.25, 0.3) is 0 Å². The fourth-order valence-electron chi connectivity index (χ4n) is 3.84. The molecule has 0 fully saturated rings. The first kappa shape index (κ1) is 26.5. The van der Waals surface area contributed by atoms with Gasteiger partial charge in [-0.25, -0.2) is 0 Å². The van der Waals surface area contributed by atoms with Gasteiger partial charge in [-0.2, -0.15) is 0 Å². The van der Waals surface area contributed by atoms with Gasteiger partial charge in [0.15, 0.2) is 0 Å². The first-order chi connectivity index (χ1) is 13.3. The predicted octanol–water partition coefficient (Wildman–Crippen LogP) is 8.33. The van der Waals surface area contributed by atoms with E-state index in [4.69, 9.17) is 0 Å². The Balaban J connectivity index is 3.00. The maximum atomic E-state index is 11.1. The van der Waals surface area contributed by atoms with E-state index in [1.54, 1.807) is 7.05 Å². The SMILES string of the molecule is CCCCCCCCCCCCCCCCCCCCCCCC(=O)NC. The van der Waals surface area contributed by atoms with Gasteiger partial charge in [0.2, 0.25) is 5.91 Å². The number of nitrogens with one attached hydrogen (secondary N) is 1. The normalized spacial score (nSPS) is 11.0. The molecule has 2 nitrogen and oxygen atoms in total. The number of unbranched alkanes of at least 4 members (excludes halogenated alkanes) is 20. The van der Waals surface area contributed by atoms with Crippen molar-refractivity contribution in [3.8, 4) is 0 Å². The molecule has 2 heteroatoms. The number of carbonyl (C=O) groups is 1. The Morgan fingerprint density at radius 3 is 1.00 bits per heavy atom. The average Bonchev–Trinajstić information content (AvgIpc) is 2.68. The van der Waals surface area contributed by atoms with Crippen LogP contribution in [0.25, 0.3) is 0 Å². The molecule has 0 spiro atoms. The second kappa shape index (κ2) is 23.5. The molecule has 1 amide bonds. The Kier molecular flexibility index (Phi) is 23.0. The van der Waals surface area contributed by atoms with E-state index in [-0.39, 0.29) is 5.91 Å². The molecule has 0 saturated heterocycles. The van der Waals surface area contributed by atoms with Crippen molar-refractivity contribution < 1.29 is 4.79 Å². The van der Waals surface area contributed by atoms with Gasteiger partial charge in [0.1, 0.15) is 0 Å². The summed E-state index contributed by atoms with van der Waals surface area (Å²) in [6.07, 6.45) is 30.2. The molecule has 0 unspecified atom stereocenters. The van der Waals surface area contributed by atoms with Gasteiger partial charge in [0.05, 0.1) is 0 Å². The zero-order valence-corrected chi connectivity index (χ0v) is 19.0. The van der Waals surface area contributed by atoms with E-state index in [0.717, 1.165) is 6.42 Å². The number of hydrogen-bond acceptors (Lipinski definition) is 1. The van der Waals surface area contributed by atoms with Gasteiger partial charge in [-0.05, 0) is 6.42 Å². The molecule has 0 aliphatic rings. The molecular formula is C25H51NO. The summed E-state index contributed by atoms with van der Waals surface area (Å²) in [7, 11) is 1.72. The minimum atomic E-state index is 0.188. The molecule has 0 aliphatic heterocycles. The summed E-state index contributed by atoms with van der Waals surface area (Å²) in [6, 6.07) is 0. The summed E-state index contributed by atoms with van der Waals surface area (Å²) < 4.78 is 0. The van der Waals surface area contributed by atoms with Crippen LogP contribution in [0, 0.1) is 0 Å². The van der Waals surface area contributed by atoms with Crippen LogP contribution in [0.15, 0.2) is 0 Å². The minimum absolute atomic E-state index is 0.188. The average molecular weight is 382 g/mol. The molecule has 162 valence electrons. The third-order valence-electron chi connectivity index (χ3n) is 5.79. The number of hydrogen-bond donors (Lipinski definition) is 1. The second-order valence-corrected chi connectivity index (χ2v) is 8.49. The summed E-state index contributed by atoms with van der Waals surface area (Å²) in [5.41, 5.74) is 0. The third kappa shape index (κ3) is 23.4. The van der Waals surface area contributed by atoms with Gasteiger partial charge in [-0.3, -0.25) is 4.79 Å². The molecule has 0 aromatic carbocycles. The molecule has 0 aliphatic carbocycles. The number of amides is 1. The van der Waals surface area contributed by atoms with Gasteiger partial charge >= 0.3 is 0 Å². The van der Waals surface area contributed by atoms with Crippen molar-refractivity contribution in [3.05, 3.63) is 0 Å². The quantitative estimate of drug-likeness (QED) is 0.188. The number of rotatable bonds is 22. The van der Waals surface area contributed by atoms with E-state index in [9.17, 15) is 4.79 Å². The van der Waals surface area contributed by atoms with Crippen molar-refractivity contribution >= 4 is 5.91 Å². The van der Waals surface area contributed by atoms with Gasteiger partial charge in [-0.1, -0.05) is 135 Å². The van der Waals surface area contributed by atoms with Gasteiger partial charge in [0, 0.05) is 13.5 Å². The highest BCUT2D eigenvalue weighted by molar-refractivity contribution is 5.75. The zero-order chi connectivity index (χ0) is 19.8. The molecule has 0 rings (SSSR count). The van der Waals surface area contributed by atoms with Crippen molar-refractivity contribution in [1.82, 2.24) is 5.32 Å². The molecule has 27 heavy (non-hydrogen) atoms. The Morgan fingerprint density at radius 2 is 0.741 bits per heavy atom. The van der Waals surface area contributed by atoms with Crippen molar-refractivity contribution in [2.75, 3.05) is 7.05 Å². The van der Waals surface area contributed by atoms with Crippen LogP contribution in [0.2, 0.25) is 0 Å². The van der Waals surface area contributed by atoms with Crippen LogP contribution >= 0.6 is 0 Å². The summed E-state index contributed by atoms with van der Waals surface area (Å²) in [5, 5.41) is 2.69. The lowest BCUT2D eigenvalue weighted by Gasteiger charge is -2.04. The topological polar surface area (TPSA) is 29.1 Å². The Labute approximate surface area is 171 Å². The highest BCUT2D eigenvalue weighted by Gasteiger charge is 1.98. The van der Waals surface area contributed by atoms with Crippen molar-refractivity contribution in [1.29, 1.82) is 0 Å². The van der Waals surface area contributed by atoms with Gasteiger partial charge in [-0.15, -0.1) is 0 Å². The Morgan fingerprint density at radius 1 is 0.481 bits per heavy atom. The predicted molar refractivity (Wildman–Crippen MR) is 121 cm³/mol. The summed E-state index contributed by atoms with van der Waals surface area (Å²) in [6.45, 7) is 2.29. The van der Waals surface area contributed by atoms with Crippen LogP contribution in [-0.2, 0) is 4.79 Å². The smallest absolute Gasteiger partial charge is 0.219 e. The third-order valence-corrected chi connectivity index (χ3v) is 5.79. The van der Waals surface area contributed by atoms with E-state index in [1.165, 1.54) is 128 Å². The van der Waals surface area contributed by atoms with Crippen LogP contribution in [0.5, 0.6) is 0 Å². The standard InChI is InChI=1S/C25H51NO/c1-3-4-5-6-7-8-9-10-11-12-13-14-15-16-17-18-19-20-21-22-23-24-25(27)26-2/h3-24H2,1-2H3,(H,26,27). The molecule has 0 atom stereocenters. The Bertz CT molecular complexity index is 290. The largest absolute Gasteiger partial charge is 0.359 e. The number of carbonyl (C=O) groups excluding carboxylic acids is 1. The molecule has 0 aromatic heterocycles. The van der Waals surface area contributed by atoms with Crippen molar-refractivity contribution in [2.45, 2.75) is 148 Å². The van der Waals surface area contributed by atoms with E-state index >= 15 is 0 Å². The van der Waals surface area contributed by atoms with Crippen molar-refractivity contribution in [3.63, 3.8) is 0 Å². The van der Waals surface area contributed by atoms with Gasteiger partial charge < -0.3 is 5.32 Å². The maximum Gasteiger partial charge on any atom is 0.219 e. The molecular weight excluding hydrogens is 330 g/mol. The maximum absolute atomic E-state index is 11.1. The lowest BCUT2D eigenvalue weighted by molar-refractivity contribution is -0.120. The first-order valence-electron chi connectivity index (χ1n) is 12.5. The lowest BCUT2D eigenvalue weighted by atomic mass is 10.0. The zero-order valence-electron chi connectivity index (χ0n) is 19.0. The molecule has 0 radical (unpaired) electrons. The molecule has 0 bridgehead atoms. The fourth-order valence-corrected chi connectivity index (χ4v) is 3.84. The molecule has 0 aromatic rings. The van der Waals surface area contributed by atoms with E-state index in [2.05, 4.69) is 12.2 Å². The van der Waals surface area contributed by atoms with Crippen LogP contribution in [-0.4, -0.2) is 13.0 Å². The molecule has 1 N–H and O–H groups in total. The summed E-state index contributed by atoms with van der Waals surface area (Å²) in [4.78, 5) is 11.1. The highest BCUT2D eigenvalue weighted by atomic mass is 16.1. The lowest BCUT2D eigenvalue weighted by Crippen LogP contribution is -2.16. The van der Waals surface area contributed by atoms with E-state index in [0.29, 0.717) is 6.42 Å². The van der Waals surface area contributed by atoms with Crippen LogP contribution in [0.4, 0.5) is 0 Å². The van der Waals surface area contributed by atoms with Crippen LogP contribution < -0.4 is 5.32 Å². The summed E-state index contributed by atoms with van der Waals surface area (Å²) >= 11 is 0. The summed E-state index contributed by atoms with van der Waals surface area (Å²) in [5.74, 6) is 0.188. The second-order valence-electron chi connectivity index (χ2n) is 8.49. The first-order valence-corrected chi connectivity index (χ1v) is 12.5. The van der Waals surface area contributed by atoms with E-state index < -0.39 is 0 Å². The monoisotopic (exact) mass is 381 g/mol. The highest BCUT2D eigenvalue weighted by Crippen LogP contribution is 2.15. The molecule has 0 heterocycles. The Hall–Kier alpha value is -0.530. The van der Waals surface area contributed by atoms with Crippen molar-refractivity contribution in [2.24, 2.45) is 0 Å². The fraction of sp³-hybridized carbons (Fsp3) is 0.960. The minimum Gasteiger partial charge on any atom is -0.359 e. The van der Waals surface area contributed by atoms with Crippen LogP contribution in [0.1, 0.15) is 148 Å².